The lowest BCUT2D eigenvalue weighted by Gasteiger charge is -2.37. The second-order valence-corrected chi connectivity index (χ2v) is 7.00. The van der Waals surface area contributed by atoms with Crippen molar-refractivity contribution in [1.29, 1.82) is 5.26 Å². The molecule has 0 aromatic carbocycles. The summed E-state index contributed by atoms with van der Waals surface area (Å²) in [4.78, 5) is 20.9. The van der Waals surface area contributed by atoms with Gasteiger partial charge in [-0.05, 0) is 6.07 Å². The zero-order valence-corrected chi connectivity index (χ0v) is 15.7. The lowest BCUT2D eigenvalue weighted by Crippen LogP contribution is -2.47. The van der Waals surface area contributed by atoms with Crippen molar-refractivity contribution in [3.05, 3.63) is 44.5 Å². The molecule has 2 aromatic rings. The number of aromatic nitrogens is 3. The SMILES string of the molecule is Cn1ncc(N2CCN(c3nc4c(cc3C#N)COCC4)CC2)c(Cl)c1=O. The van der Waals surface area contributed by atoms with E-state index < -0.39 is 0 Å². The lowest BCUT2D eigenvalue weighted by atomic mass is 10.1. The topological polar surface area (TPSA) is 87.3 Å². The number of rotatable bonds is 2. The quantitative estimate of drug-likeness (QED) is 0.763. The molecule has 0 spiro atoms. The first kappa shape index (κ1) is 17.8. The highest BCUT2D eigenvalue weighted by Crippen LogP contribution is 2.27. The third-order valence-corrected chi connectivity index (χ3v) is 5.37. The van der Waals surface area contributed by atoms with E-state index in [-0.39, 0.29) is 10.6 Å². The lowest BCUT2D eigenvalue weighted by molar-refractivity contribution is 0.109. The predicted molar refractivity (Wildman–Crippen MR) is 101 cm³/mol. The van der Waals surface area contributed by atoms with Crippen LogP contribution < -0.4 is 15.4 Å². The minimum absolute atomic E-state index is 0.186. The molecule has 4 heterocycles. The van der Waals surface area contributed by atoms with Gasteiger partial charge in [-0.25, -0.2) is 9.67 Å². The summed E-state index contributed by atoms with van der Waals surface area (Å²) in [5.41, 5.74) is 2.92. The van der Waals surface area contributed by atoms with Crippen molar-refractivity contribution in [3.63, 3.8) is 0 Å². The standard InChI is InChI=1S/C18H19ClN6O2/c1-23-18(26)16(19)15(10-21-23)24-3-5-25(6-4-24)17-12(9-20)8-13-11-27-7-2-14(13)22-17/h8,10H,2-7,11H2,1H3. The summed E-state index contributed by atoms with van der Waals surface area (Å²) in [5.74, 6) is 0.728. The van der Waals surface area contributed by atoms with Gasteiger partial charge in [0, 0.05) is 45.2 Å². The van der Waals surface area contributed by atoms with Crippen molar-refractivity contribution in [2.75, 3.05) is 42.6 Å². The predicted octanol–water partition coefficient (Wildman–Crippen LogP) is 1.10. The van der Waals surface area contributed by atoms with Crippen molar-refractivity contribution in [3.8, 4) is 6.07 Å². The number of halogens is 1. The number of piperazine rings is 1. The summed E-state index contributed by atoms with van der Waals surface area (Å²) in [6, 6.07) is 4.15. The molecule has 2 aliphatic heterocycles. The smallest absolute Gasteiger partial charge is 0.287 e. The number of aryl methyl sites for hydroxylation is 1. The van der Waals surface area contributed by atoms with Crippen molar-refractivity contribution < 1.29 is 4.74 Å². The maximum atomic E-state index is 12.0. The molecule has 2 aliphatic rings. The van der Waals surface area contributed by atoms with E-state index >= 15 is 0 Å². The van der Waals surface area contributed by atoms with E-state index in [4.69, 9.17) is 21.3 Å². The summed E-state index contributed by atoms with van der Waals surface area (Å²) >= 11 is 6.22. The minimum atomic E-state index is -0.304. The van der Waals surface area contributed by atoms with Gasteiger partial charge in [-0.1, -0.05) is 11.6 Å². The highest BCUT2D eigenvalue weighted by molar-refractivity contribution is 6.33. The molecule has 27 heavy (non-hydrogen) atoms. The summed E-state index contributed by atoms with van der Waals surface area (Å²) in [6.45, 7) is 3.88. The number of hydrogen-bond acceptors (Lipinski definition) is 7. The fraction of sp³-hybridized carbons (Fsp3) is 0.444. The van der Waals surface area contributed by atoms with Gasteiger partial charge >= 0.3 is 0 Å². The molecule has 0 N–H and O–H groups in total. The van der Waals surface area contributed by atoms with E-state index in [1.54, 1.807) is 13.2 Å². The summed E-state index contributed by atoms with van der Waals surface area (Å²) < 4.78 is 6.68. The molecule has 0 atom stereocenters. The molecule has 1 fully saturated rings. The Morgan fingerprint density at radius 1 is 1.26 bits per heavy atom. The monoisotopic (exact) mass is 386 g/mol. The van der Waals surface area contributed by atoms with Crippen LogP contribution in [0.25, 0.3) is 0 Å². The first-order valence-electron chi connectivity index (χ1n) is 8.81. The van der Waals surface area contributed by atoms with Crippen LogP contribution in [0.3, 0.4) is 0 Å². The van der Waals surface area contributed by atoms with Crippen LogP contribution in [0.1, 0.15) is 16.8 Å². The first-order valence-corrected chi connectivity index (χ1v) is 9.18. The van der Waals surface area contributed by atoms with Crippen LogP contribution in [-0.4, -0.2) is 47.6 Å². The average Bonchev–Trinajstić information content (AvgIpc) is 2.71. The Labute approximate surface area is 161 Å². The van der Waals surface area contributed by atoms with Gasteiger partial charge in [-0.15, -0.1) is 0 Å². The Morgan fingerprint density at radius 3 is 2.74 bits per heavy atom. The van der Waals surface area contributed by atoms with Crippen LogP contribution >= 0.6 is 11.6 Å². The molecule has 0 unspecified atom stereocenters. The van der Waals surface area contributed by atoms with Crippen LogP contribution in [0.4, 0.5) is 11.5 Å². The second-order valence-electron chi connectivity index (χ2n) is 6.63. The van der Waals surface area contributed by atoms with Crippen molar-refractivity contribution >= 4 is 23.1 Å². The van der Waals surface area contributed by atoms with Crippen LogP contribution in [0.2, 0.25) is 5.02 Å². The van der Waals surface area contributed by atoms with E-state index in [1.807, 2.05) is 11.0 Å². The molecule has 1 saturated heterocycles. The van der Waals surface area contributed by atoms with Crippen LogP contribution in [0.5, 0.6) is 0 Å². The van der Waals surface area contributed by atoms with Gasteiger partial charge in [0.15, 0.2) is 0 Å². The molecule has 9 heteroatoms. The van der Waals surface area contributed by atoms with Gasteiger partial charge in [-0.2, -0.15) is 10.4 Å². The number of pyridine rings is 1. The Kier molecular flexibility index (Phi) is 4.72. The fourth-order valence-electron chi connectivity index (χ4n) is 3.48. The molecule has 0 radical (unpaired) electrons. The van der Waals surface area contributed by atoms with Gasteiger partial charge in [0.05, 0.1) is 36.4 Å². The summed E-state index contributed by atoms with van der Waals surface area (Å²) in [5, 5.41) is 13.8. The average molecular weight is 387 g/mol. The van der Waals surface area contributed by atoms with Crippen molar-refractivity contribution in [1.82, 2.24) is 14.8 Å². The fourth-order valence-corrected chi connectivity index (χ4v) is 3.77. The first-order chi connectivity index (χ1) is 13.1. The van der Waals surface area contributed by atoms with Crippen LogP contribution in [0.15, 0.2) is 17.1 Å². The maximum Gasteiger partial charge on any atom is 0.287 e. The molecule has 140 valence electrons. The van der Waals surface area contributed by atoms with Gasteiger partial charge in [-0.3, -0.25) is 4.79 Å². The molecule has 0 bridgehead atoms. The zero-order chi connectivity index (χ0) is 19.0. The largest absolute Gasteiger partial charge is 0.376 e. The minimum Gasteiger partial charge on any atom is -0.376 e. The third-order valence-electron chi connectivity index (χ3n) is 5.01. The summed E-state index contributed by atoms with van der Waals surface area (Å²) in [7, 11) is 1.58. The van der Waals surface area contributed by atoms with Gasteiger partial charge in [0.2, 0.25) is 0 Å². The molecule has 0 saturated carbocycles. The zero-order valence-electron chi connectivity index (χ0n) is 15.0. The Morgan fingerprint density at radius 2 is 2.00 bits per heavy atom. The number of fused-ring (bicyclic) bond motifs is 1. The van der Waals surface area contributed by atoms with E-state index in [1.165, 1.54) is 4.68 Å². The molecule has 4 rings (SSSR count). The van der Waals surface area contributed by atoms with Gasteiger partial charge in [0.1, 0.15) is 16.9 Å². The van der Waals surface area contributed by atoms with Crippen LogP contribution in [-0.2, 0) is 24.8 Å². The van der Waals surface area contributed by atoms with Gasteiger partial charge in [0.25, 0.3) is 5.56 Å². The number of anilines is 2. The van der Waals surface area contributed by atoms with Crippen molar-refractivity contribution in [2.24, 2.45) is 7.05 Å². The molecular formula is C18H19ClN6O2. The van der Waals surface area contributed by atoms with E-state index in [2.05, 4.69) is 16.1 Å². The van der Waals surface area contributed by atoms with Crippen molar-refractivity contribution in [2.45, 2.75) is 13.0 Å². The number of ether oxygens (including phenoxy) is 1. The Hall–Kier alpha value is -2.63. The highest BCUT2D eigenvalue weighted by Gasteiger charge is 2.25. The number of nitrogens with zero attached hydrogens (tertiary/aromatic N) is 6. The normalized spacial score (nSPS) is 16.8. The van der Waals surface area contributed by atoms with E-state index in [0.717, 1.165) is 23.5 Å². The summed E-state index contributed by atoms with van der Waals surface area (Å²) in [6.07, 6.45) is 2.39. The third kappa shape index (κ3) is 3.24. The second kappa shape index (κ2) is 7.18. The highest BCUT2D eigenvalue weighted by atomic mass is 35.5. The molecule has 2 aromatic heterocycles. The Balaban J connectivity index is 1.56. The van der Waals surface area contributed by atoms with Crippen LogP contribution in [0, 0.1) is 11.3 Å². The van der Waals surface area contributed by atoms with Gasteiger partial charge < -0.3 is 14.5 Å². The number of hydrogen-bond donors (Lipinski definition) is 0. The molecule has 0 amide bonds. The number of nitriles is 1. The Bertz CT molecular complexity index is 975. The molecule has 0 aliphatic carbocycles. The van der Waals surface area contributed by atoms with E-state index in [9.17, 15) is 10.1 Å². The maximum absolute atomic E-state index is 12.0. The molecule has 8 nitrogen and oxygen atoms in total. The molecular weight excluding hydrogens is 368 g/mol. The van der Waals surface area contributed by atoms with E-state index in [0.29, 0.717) is 50.6 Å².